The lowest BCUT2D eigenvalue weighted by Crippen LogP contribution is -2.34. The number of ether oxygens (including phenoxy) is 1. The monoisotopic (exact) mass is 410 g/mol. The van der Waals surface area contributed by atoms with Crippen LogP contribution in [0.1, 0.15) is 17.5 Å². The minimum absolute atomic E-state index is 0.342. The van der Waals surface area contributed by atoms with E-state index in [1.165, 1.54) is 11.1 Å². The zero-order valence-electron chi connectivity index (χ0n) is 16.6. The van der Waals surface area contributed by atoms with Crippen molar-refractivity contribution in [3.63, 3.8) is 0 Å². The maximum Gasteiger partial charge on any atom is 0.241 e. The lowest BCUT2D eigenvalue weighted by Gasteiger charge is -2.29. The second-order valence-corrected chi connectivity index (χ2v) is 9.09. The number of fused-ring (bicyclic) bond motifs is 2. The van der Waals surface area contributed by atoms with Crippen molar-refractivity contribution in [1.29, 1.82) is 0 Å². The van der Waals surface area contributed by atoms with Gasteiger partial charge in [0.1, 0.15) is 5.75 Å². The van der Waals surface area contributed by atoms with E-state index in [-0.39, 0.29) is 0 Å². The summed E-state index contributed by atoms with van der Waals surface area (Å²) in [5.74, 6) is 0.963. The van der Waals surface area contributed by atoms with Gasteiger partial charge >= 0.3 is 0 Å². The number of methoxy groups -OCH3 is 1. The maximum atomic E-state index is 12.8. The van der Waals surface area contributed by atoms with E-state index in [1.54, 1.807) is 19.2 Å². The van der Waals surface area contributed by atoms with E-state index in [0.717, 1.165) is 49.0 Å². The molecular weight excluding hydrogens is 384 g/mol. The van der Waals surface area contributed by atoms with Crippen LogP contribution < -0.4 is 9.46 Å². The molecule has 0 atom stereocenters. The lowest BCUT2D eigenvalue weighted by molar-refractivity contribution is 0.248. The quantitative estimate of drug-likeness (QED) is 0.605. The molecule has 6 heteroatoms. The van der Waals surface area contributed by atoms with Gasteiger partial charge in [0.2, 0.25) is 10.0 Å². The van der Waals surface area contributed by atoms with Gasteiger partial charge in [0.25, 0.3) is 0 Å². The molecule has 0 aromatic heterocycles. The molecule has 0 bridgehead atoms. The summed E-state index contributed by atoms with van der Waals surface area (Å²) in [6.45, 7) is 3.12. The Morgan fingerprint density at radius 1 is 1.03 bits per heavy atom. The molecule has 29 heavy (non-hydrogen) atoms. The van der Waals surface area contributed by atoms with Crippen molar-refractivity contribution in [2.24, 2.45) is 0 Å². The Labute approximate surface area is 172 Å². The first kappa shape index (κ1) is 19.9. The van der Waals surface area contributed by atoms with Gasteiger partial charge in [-0.3, -0.25) is 4.90 Å². The molecule has 1 aliphatic heterocycles. The van der Waals surface area contributed by atoms with Gasteiger partial charge in [-0.25, -0.2) is 13.1 Å². The van der Waals surface area contributed by atoms with E-state index in [9.17, 15) is 8.42 Å². The van der Waals surface area contributed by atoms with Crippen molar-refractivity contribution < 1.29 is 13.2 Å². The molecule has 5 nitrogen and oxygen atoms in total. The summed E-state index contributed by atoms with van der Waals surface area (Å²) in [5.41, 5.74) is 2.59. The Hall–Kier alpha value is -2.41. The summed E-state index contributed by atoms with van der Waals surface area (Å²) in [6, 6.07) is 19.1. The van der Waals surface area contributed by atoms with Crippen molar-refractivity contribution in [3.05, 3.63) is 71.8 Å². The average molecular weight is 411 g/mol. The minimum Gasteiger partial charge on any atom is -0.496 e. The SMILES string of the molecule is COc1cccc2c1CCN(CCCNS(=O)(=O)c1cccc3ccccc13)C2. The molecule has 0 spiro atoms. The van der Waals surface area contributed by atoms with Gasteiger partial charge in [0.15, 0.2) is 0 Å². The largest absolute Gasteiger partial charge is 0.496 e. The molecule has 0 radical (unpaired) electrons. The fourth-order valence-corrected chi connectivity index (χ4v) is 5.33. The summed E-state index contributed by atoms with van der Waals surface area (Å²) >= 11 is 0. The molecule has 0 saturated carbocycles. The molecule has 1 heterocycles. The molecule has 1 aliphatic rings. The van der Waals surface area contributed by atoms with Crippen LogP contribution >= 0.6 is 0 Å². The zero-order chi connectivity index (χ0) is 20.3. The van der Waals surface area contributed by atoms with E-state index in [2.05, 4.69) is 15.7 Å². The molecular formula is C23H26N2O3S. The third kappa shape index (κ3) is 4.29. The number of nitrogens with zero attached hydrogens (tertiary/aromatic N) is 1. The molecule has 0 saturated heterocycles. The second kappa shape index (κ2) is 8.53. The standard InChI is InChI=1S/C23H26N2O3S/c1-28-22-11-4-9-19-17-25(16-13-20(19)22)15-6-14-24-29(26,27)23-12-5-8-18-7-2-3-10-21(18)23/h2-5,7-12,24H,6,13-17H2,1H3. The summed E-state index contributed by atoms with van der Waals surface area (Å²) in [4.78, 5) is 2.71. The Bertz CT molecular complexity index is 1110. The Morgan fingerprint density at radius 3 is 2.69 bits per heavy atom. The predicted molar refractivity (Wildman–Crippen MR) is 116 cm³/mol. The Balaban J connectivity index is 1.35. The molecule has 0 fully saturated rings. The summed E-state index contributed by atoms with van der Waals surface area (Å²) in [6.07, 6.45) is 1.73. The van der Waals surface area contributed by atoms with Crippen molar-refractivity contribution in [1.82, 2.24) is 9.62 Å². The maximum absolute atomic E-state index is 12.8. The predicted octanol–water partition coefficient (Wildman–Crippen LogP) is 3.58. The van der Waals surface area contributed by atoms with Crippen LogP contribution in [0.2, 0.25) is 0 Å². The Morgan fingerprint density at radius 2 is 1.83 bits per heavy atom. The third-order valence-electron chi connectivity index (χ3n) is 5.50. The summed E-state index contributed by atoms with van der Waals surface area (Å²) < 4.78 is 33.8. The first-order chi connectivity index (χ1) is 14.1. The van der Waals surface area contributed by atoms with Crippen molar-refractivity contribution in [3.8, 4) is 5.75 Å². The van der Waals surface area contributed by atoms with Crippen LogP contribution in [0.5, 0.6) is 5.75 Å². The van der Waals surface area contributed by atoms with Crippen LogP contribution in [-0.4, -0.2) is 40.1 Å². The third-order valence-corrected chi connectivity index (χ3v) is 7.02. The van der Waals surface area contributed by atoms with Gasteiger partial charge in [-0.1, -0.05) is 48.5 Å². The summed E-state index contributed by atoms with van der Waals surface area (Å²) in [5, 5.41) is 1.68. The second-order valence-electron chi connectivity index (χ2n) is 7.35. The topological polar surface area (TPSA) is 58.6 Å². The highest BCUT2D eigenvalue weighted by Gasteiger charge is 2.20. The van der Waals surface area contributed by atoms with Gasteiger partial charge in [0.05, 0.1) is 12.0 Å². The van der Waals surface area contributed by atoms with E-state index < -0.39 is 10.0 Å². The lowest BCUT2D eigenvalue weighted by atomic mass is 9.98. The first-order valence-corrected chi connectivity index (χ1v) is 11.4. The van der Waals surface area contributed by atoms with E-state index in [4.69, 9.17) is 4.74 Å². The van der Waals surface area contributed by atoms with Crippen LogP contribution in [0.3, 0.4) is 0 Å². The van der Waals surface area contributed by atoms with E-state index >= 15 is 0 Å². The van der Waals surface area contributed by atoms with Gasteiger partial charge in [-0.15, -0.1) is 0 Å². The highest BCUT2D eigenvalue weighted by atomic mass is 32.2. The van der Waals surface area contributed by atoms with E-state index in [0.29, 0.717) is 11.4 Å². The smallest absolute Gasteiger partial charge is 0.241 e. The number of rotatable bonds is 7. The average Bonchev–Trinajstić information content (AvgIpc) is 2.75. The van der Waals surface area contributed by atoms with Gasteiger partial charge in [0, 0.05) is 25.0 Å². The number of sulfonamides is 1. The normalized spacial score (nSPS) is 14.7. The molecule has 4 rings (SSSR count). The number of hydrogen-bond acceptors (Lipinski definition) is 4. The number of hydrogen-bond donors (Lipinski definition) is 1. The fraction of sp³-hybridized carbons (Fsp3) is 0.304. The van der Waals surface area contributed by atoms with Crippen LogP contribution in [0.4, 0.5) is 0 Å². The molecule has 0 amide bonds. The number of benzene rings is 3. The molecule has 3 aromatic carbocycles. The van der Waals surface area contributed by atoms with Crippen molar-refractivity contribution in [2.75, 3.05) is 26.7 Å². The summed E-state index contributed by atoms with van der Waals surface area (Å²) in [7, 11) is -1.82. The van der Waals surface area contributed by atoms with E-state index in [1.807, 2.05) is 42.5 Å². The van der Waals surface area contributed by atoms with Crippen LogP contribution in [0, 0.1) is 0 Å². The molecule has 3 aromatic rings. The van der Waals surface area contributed by atoms with Crippen molar-refractivity contribution >= 4 is 20.8 Å². The molecule has 152 valence electrons. The molecule has 1 N–H and O–H groups in total. The van der Waals surface area contributed by atoms with Gasteiger partial charge < -0.3 is 4.74 Å². The fourth-order valence-electron chi connectivity index (χ4n) is 4.03. The van der Waals surface area contributed by atoms with Gasteiger partial charge in [-0.05, 0) is 48.0 Å². The van der Waals surface area contributed by atoms with Crippen molar-refractivity contribution in [2.45, 2.75) is 24.3 Å². The number of nitrogens with one attached hydrogen (secondary N) is 1. The highest BCUT2D eigenvalue weighted by Crippen LogP contribution is 2.27. The molecule has 0 aliphatic carbocycles. The minimum atomic E-state index is -3.53. The van der Waals surface area contributed by atoms with Crippen LogP contribution in [0.15, 0.2) is 65.6 Å². The van der Waals surface area contributed by atoms with Crippen LogP contribution in [0.25, 0.3) is 10.8 Å². The molecule has 0 unspecified atom stereocenters. The first-order valence-electron chi connectivity index (χ1n) is 9.93. The van der Waals surface area contributed by atoms with Gasteiger partial charge in [-0.2, -0.15) is 0 Å². The van der Waals surface area contributed by atoms with Crippen LogP contribution in [-0.2, 0) is 23.0 Å². The highest BCUT2D eigenvalue weighted by molar-refractivity contribution is 7.89. The zero-order valence-corrected chi connectivity index (χ0v) is 17.4. The Kier molecular flexibility index (Phi) is 5.85.